The van der Waals surface area contributed by atoms with Gasteiger partial charge in [0.1, 0.15) is 5.75 Å². The first-order chi connectivity index (χ1) is 14.3. The van der Waals surface area contributed by atoms with Gasteiger partial charge in [-0.2, -0.15) is 0 Å². The Morgan fingerprint density at radius 1 is 1.13 bits per heavy atom. The summed E-state index contributed by atoms with van der Waals surface area (Å²) in [4.78, 5) is 4.96. The number of likely N-dealkylation sites (tertiary alicyclic amines) is 1. The third kappa shape index (κ3) is 7.19. The number of hydrogen-bond acceptors (Lipinski definition) is 6. The van der Waals surface area contributed by atoms with Gasteiger partial charge < -0.3 is 19.9 Å². The lowest BCUT2D eigenvalue weighted by Gasteiger charge is -2.48. The van der Waals surface area contributed by atoms with Crippen molar-refractivity contribution in [1.82, 2.24) is 15.1 Å². The van der Waals surface area contributed by atoms with Gasteiger partial charge in [0.15, 0.2) is 0 Å². The Bertz CT molecular complexity index is 644. The van der Waals surface area contributed by atoms with Crippen molar-refractivity contribution in [3.8, 4) is 5.75 Å². The van der Waals surface area contributed by atoms with Crippen LogP contribution in [0.2, 0.25) is 0 Å². The van der Waals surface area contributed by atoms with Crippen molar-refractivity contribution in [3.63, 3.8) is 0 Å². The number of benzene rings is 1. The minimum atomic E-state index is -0.182. The molecule has 3 aliphatic rings. The summed E-state index contributed by atoms with van der Waals surface area (Å²) in [6.07, 6.45) is 4.01. The molecule has 3 fully saturated rings. The van der Waals surface area contributed by atoms with Crippen molar-refractivity contribution in [2.75, 3.05) is 65.6 Å². The zero-order valence-electron chi connectivity index (χ0n) is 18.5. The van der Waals surface area contributed by atoms with Crippen LogP contribution in [0.1, 0.15) is 31.2 Å². The molecule has 3 saturated heterocycles. The molecule has 3 aliphatic heterocycles. The van der Waals surface area contributed by atoms with Crippen LogP contribution in [0.25, 0.3) is 0 Å². The lowest BCUT2D eigenvalue weighted by Crippen LogP contribution is -2.57. The van der Waals surface area contributed by atoms with Gasteiger partial charge in [0.05, 0.1) is 25.9 Å². The molecule has 6 nitrogen and oxygen atoms in total. The van der Waals surface area contributed by atoms with Crippen LogP contribution in [0, 0.1) is 5.41 Å². The highest BCUT2D eigenvalue weighted by Crippen LogP contribution is 2.37. The van der Waals surface area contributed by atoms with Gasteiger partial charge in [0.25, 0.3) is 0 Å². The number of aliphatic hydroxyl groups excluding tert-OH is 1. The predicted molar refractivity (Wildman–Crippen MR) is 129 cm³/mol. The van der Waals surface area contributed by atoms with Crippen LogP contribution in [0.15, 0.2) is 24.3 Å². The van der Waals surface area contributed by atoms with Crippen LogP contribution in [0.3, 0.4) is 0 Å². The van der Waals surface area contributed by atoms with E-state index in [1.165, 1.54) is 5.56 Å². The molecule has 1 spiro atoms. The van der Waals surface area contributed by atoms with E-state index in [0.29, 0.717) is 0 Å². The van der Waals surface area contributed by atoms with Crippen molar-refractivity contribution in [3.05, 3.63) is 29.8 Å². The molecule has 0 bridgehead atoms. The minimum absolute atomic E-state index is 0. The van der Waals surface area contributed by atoms with Crippen LogP contribution in [0.5, 0.6) is 5.75 Å². The zero-order chi connectivity index (χ0) is 19.9. The molecule has 0 radical (unpaired) electrons. The molecule has 3 heterocycles. The number of nitrogens with one attached hydrogen (secondary N) is 1. The number of piperidine rings is 2. The summed E-state index contributed by atoms with van der Waals surface area (Å²) < 4.78 is 11.6. The first-order valence-corrected chi connectivity index (χ1v) is 11.4. The summed E-state index contributed by atoms with van der Waals surface area (Å²) in [5.41, 5.74) is 1.28. The van der Waals surface area contributed by atoms with E-state index in [0.717, 1.165) is 104 Å². The highest BCUT2D eigenvalue weighted by atomic mass is 35.5. The fourth-order valence-corrected chi connectivity index (χ4v) is 5.12. The molecule has 8 heteroatoms. The topological polar surface area (TPSA) is 57.2 Å². The minimum Gasteiger partial charge on any atom is -0.493 e. The summed E-state index contributed by atoms with van der Waals surface area (Å²) in [5.74, 6) is 1.01. The molecule has 0 saturated carbocycles. The molecule has 0 aromatic heterocycles. The quantitative estimate of drug-likeness (QED) is 0.591. The maximum absolute atomic E-state index is 10.7. The van der Waals surface area contributed by atoms with E-state index < -0.39 is 0 Å². The van der Waals surface area contributed by atoms with Crippen LogP contribution in [-0.4, -0.2) is 86.6 Å². The average molecular weight is 476 g/mol. The van der Waals surface area contributed by atoms with Crippen molar-refractivity contribution in [1.29, 1.82) is 0 Å². The predicted octanol–water partition coefficient (Wildman–Crippen LogP) is 2.57. The Hall–Kier alpha value is -0.600. The molecule has 2 atom stereocenters. The van der Waals surface area contributed by atoms with Crippen molar-refractivity contribution in [2.45, 2.75) is 38.3 Å². The lowest BCUT2D eigenvalue weighted by molar-refractivity contribution is -0.0515. The van der Waals surface area contributed by atoms with Crippen LogP contribution in [-0.2, 0) is 11.3 Å². The van der Waals surface area contributed by atoms with Crippen LogP contribution < -0.4 is 10.1 Å². The maximum atomic E-state index is 10.7. The standard InChI is InChI=1S/C23H37N3O3.2ClH/c27-22-7-9-24-18-23(22)8-3-10-26(19-23)17-20-5-1-2-6-21(20)29-14-4-11-25-12-15-28-16-13-25;;/h1-2,5-6,22,24,27H,3-4,7-19H2;2*1H/t22-,23-;;/m0../s1. The normalized spacial score (nSPS) is 27.3. The smallest absolute Gasteiger partial charge is 0.123 e. The Balaban J connectivity index is 0.00000171. The summed E-state index contributed by atoms with van der Waals surface area (Å²) in [6.45, 7) is 10.4. The molecule has 178 valence electrons. The first-order valence-electron chi connectivity index (χ1n) is 11.4. The fourth-order valence-electron chi connectivity index (χ4n) is 5.12. The molecule has 1 aromatic rings. The molecule has 0 aliphatic carbocycles. The number of nitrogens with zero attached hydrogens (tertiary/aromatic N) is 2. The third-order valence-electron chi connectivity index (χ3n) is 6.81. The number of aliphatic hydroxyl groups is 1. The molecule has 0 amide bonds. The van der Waals surface area contributed by atoms with E-state index in [1.807, 2.05) is 0 Å². The van der Waals surface area contributed by atoms with Gasteiger partial charge in [-0.1, -0.05) is 18.2 Å². The van der Waals surface area contributed by atoms with Crippen molar-refractivity contribution < 1.29 is 14.6 Å². The summed E-state index contributed by atoms with van der Waals surface area (Å²) >= 11 is 0. The molecule has 0 unspecified atom stereocenters. The van der Waals surface area contributed by atoms with E-state index >= 15 is 0 Å². The summed E-state index contributed by atoms with van der Waals surface area (Å²) in [6, 6.07) is 8.45. The Labute approximate surface area is 199 Å². The van der Waals surface area contributed by atoms with Crippen LogP contribution >= 0.6 is 24.8 Å². The SMILES string of the molecule is Cl.Cl.O[C@H]1CCNC[C@]12CCCN(Cc1ccccc1OCCCN1CCOCC1)C2. The Kier molecular flexibility index (Phi) is 11.3. The molecular weight excluding hydrogens is 437 g/mol. The van der Waals surface area contributed by atoms with Gasteiger partial charge >= 0.3 is 0 Å². The highest BCUT2D eigenvalue weighted by Gasteiger charge is 2.43. The zero-order valence-corrected chi connectivity index (χ0v) is 20.1. The number of hydrogen-bond donors (Lipinski definition) is 2. The van der Waals surface area contributed by atoms with Gasteiger partial charge in [-0.3, -0.25) is 9.80 Å². The number of halogens is 2. The third-order valence-corrected chi connectivity index (χ3v) is 6.81. The van der Waals surface area contributed by atoms with Gasteiger partial charge in [0.2, 0.25) is 0 Å². The molecule has 31 heavy (non-hydrogen) atoms. The van der Waals surface area contributed by atoms with Gasteiger partial charge in [-0.15, -0.1) is 24.8 Å². The second-order valence-electron chi connectivity index (χ2n) is 8.92. The number of ether oxygens (including phenoxy) is 2. The van der Waals surface area contributed by atoms with E-state index in [-0.39, 0.29) is 36.3 Å². The first kappa shape index (κ1) is 26.7. The van der Waals surface area contributed by atoms with E-state index in [9.17, 15) is 5.11 Å². The lowest BCUT2D eigenvalue weighted by atomic mass is 9.72. The second-order valence-corrected chi connectivity index (χ2v) is 8.92. The second kappa shape index (κ2) is 13.2. The molecular formula is C23H39Cl2N3O3. The summed E-state index contributed by atoms with van der Waals surface area (Å²) in [5, 5.41) is 14.2. The highest BCUT2D eigenvalue weighted by molar-refractivity contribution is 5.85. The number of rotatable bonds is 7. The van der Waals surface area contributed by atoms with Gasteiger partial charge in [-0.05, 0) is 44.8 Å². The average Bonchev–Trinajstić information content (AvgIpc) is 2.76. The van der Waals surface area contributed by atoms with Crippen molar-refractivity contribution >= 4 is 24.8 Å². The Morgan fingerprint density at radius 3 is 2.74 bits per heavy atom. The monoisotopic (exact) mass is 475 g/mol. The van der Waals surface area contributed by atoms with Gasteiger partial charge in [-0.25, -0.2) is 0 Å². The fraction of sp³-hybridized carbons (Fsp3) is 0.739. The van der Waals surface area contributed by atoms with Crippen molar-refractivity contribution in [2.24, 2.45) is 5.41 Å². The van der Waals surface area contributed by atoms with E-state index in [2.05, 4.69) is 39.4 Å². The van der Waals surface area contributed by atoms with E-state index in [4.69, 9.17) is 9.47 Å². The van der Waals surface area contributed by atoms with E-state index in [1.54, 1.807) is 0 Å². The number of para-hydroxylation sites is 1. The maximum Gasteiger partial charge on any atom is 0.123 e. The largest absolute Gasteiger partial charge is 0.493 e. The summed E-state index contributed by atoms with van der Waals surface area (Å²) in [7, 11) is 0. The Morgan fingerprint density at radius 2 is 1.94 bits per heavy atom. The van der Waals surface area contributed by atoms with Crippen LogP contribution in [0.4, 0.5) is 0 Å². The number of morpholine rings is 1. The molecule has 4 rings (SSSR count). The molecule has 2 N–H and O–H groups in total. The van der Waals surface area contributed by atoms with Gasteiger partial charge in [0, 0.05) is 50.2 Å². The molecule has 1 aromatic carbocycles.